The number of aromatic nitrogens is 2. The fourth-order valence-electron chi connectivity index (χ4n) is 2.82. The van der Waals surface area contributed by atoms with Crippen LogP contribution in [-0.4, -0.2) is 35.0 Å². The Morgan fingerprint density at radius 1 is 1.29 bits per heavy atom. The first-order valence-corrected chi connectivity index (χ1v) is 7.77. The van der Waals surface area contributed by atoms with Gasteiger partial charge in [0.2, 0.25) is 5.56 Å². The minimum absolute atomic E-state index is 0.0340. The number of pyridine rings is 2. The van der Waals surface area contributed by atoms with Gasteiger partial charge in [-0.05, 0) is 31.0 Å². The zero-order valence-corrected chi connectivity index (χ0v) is 13.0. The second-order valence-corrected chi connectivity index (χ2v) is 5.65. The minimum Gasteiger partial charge on any atom is -0.355 e. The molecule has 24 heavy (non-hydrogen) atoms. The summed E-state index contributed by atoms with van der Waals surface area (Å²) in [7, 11) is 0. The van der Waals surface area contributed by atoms with Crippen molar-refractivity contribution in [2.75, 3.05) is 18.0 Å². The summed E-state index contributed by atoms with van der Waals surface area (Å²) >= 11 is 0. The number of carbonyl (C=O) groups excluding carboxylic acids is 1. The van der Waals surface area contributed by atoms with Gasteiger partial charge in [-0.25, -0.2) is 4.98 Å². The van der Waals surface area contributed by atoms with Crippen LogP contribution in [0.15, 0.2) is 41.3 Å². The first-order chi connectivity index (χ1) is 11.7. The van der Waals surface area contributed by atoms with Crippen LogP contribution >= 0.6 is 0 Å². The molecule has 1 saturated heterocycles. The molecule has 0 bridgehead atoms. The predicted octanol–water partition coefficient (Wildman–Crippen LogP) is 1.04. The maximum absolute atomic E-state index is 12.2. The van der Waals surface area contributed by atoms with Gasteiger partial charge >= 0.3 is 0 Å². The maximum Gasteiger partial charge on any atom is 0.268 e. The molecule has 1 amide bonds. The molecule has 0 saturated carbocycles. The minimum atomic E-state index is -0.295. The molecule has 2 aromatic rings. The highest BCUT2D eigenvalue weighted by molar-refractivity contribution is 5.92. The van der Waals surface area contributed by atoms with Crippen LogP contribution in [-0.2, 0) is 0 Å². The number of nitrogens with zero attached hydrogens (tertiary/aromatic N) is 3. The third-order valence-corrected chi connectivity index (χ3v) is 4.05. The van der Waals surface area contributed by atoms with Gasteiger partial charge in [-0.1, -0.05) is 6.07 Å². The Kier molecular flexibility index (Phi) is 4.57. The van der Waals surface area contributed by atoms with E-state index >= 15 is 0 Å². The van der Waals surface area contributed by atoms with Crippen molar-refractivity contribution in [2.24, 2.45) is 0 Å². The number of anilines is 1. The van der Waals surface area contributed by atoms with Crippen molar-refractivity contribution in [3.05, 3.63) is 58.1 Å². The quantitative estimate of drug-likeness (QED) is 0.879. The van der Waals surface area contributed by atoms with Gasteiger partial charge in [0.15, 0.2) is 0 Å². The summed E-state index contributed by atoms with van der Waals surface area (Å²) in [6.45, 7) is 1.42. The normalized spacial score (nSPS) is 14.9. The van der Waals surface area contributed by atoms with Crippen molar-refractivity contribution < 1.29 is 4.79 Å². The Morgan fingerprint density at radius 2 is 2.08 bits per heavy atom. The summed E-state index contributed by atoms with van der Waals surface area (Å²) < 4.78 is 0. The number of carbonyl (C=O) groups is 1. The second kappa shape index (κ2) is 6.96. The number of piperidine rings is 1. The molecule has 3 rings (SSSR count). The topological polar surface area (TPSA) is 102 Å². The lowest BCUT2D eigenvalue weighted by Crippen LogP contribution is -2.45. The Bertz CT molecular complexity index is 831. The van der Waals surface area contributed by atoms with Gasteiger partial charge in [-0.15, -0.1) is 0 Å². The van der Waals surface area contributed by atoms with Gasteiger partial charge in [0.25, 0.3) is 5.91 Å². The number of aromatic amines is 1. The predicted molar refractivity (Wildman–Crippen MR) is 88.7 cm³/mol. The molecule has 1 fully saturated rings. The van der Waals surface area contributed by atoms with E-state index < -0.39 is 0 Å². The second-order valence-electron chi connectivity index (χ2n) is 5.65. The SMILES string of the molecule is N#Cc1cccnc1N1CCC(NC(=O)c2cccc(=O)[nH]2)CC1. The highest BCUT2D eigenvalue weighted by Crippen LogP contribution is 2.21. The van der Waals surface area contributed by atoms with Crippen LogP contribution in [0.5, 0.6) is 0 Å². The van der Waals surface area contributed by atoms with Crippen LogP contribution < -0.4 is 15.8 Å². The van der Waals surface area contributed by atoms with E-state index in [0.29, 0.717) is 24.5 Å². The molecule has 1 aliphatic rings. The molecule has 0 unspecified atom stereocenters. The van der Waals surface area contributed by atoms with E-state index in [1.807, 2.05) is 0 Å². The number of hydrogen-bond donors (Lipinski definition) is 2. The van der Waals surface area contributed by atoms with Crippen molar-refractivity contribution in [3.8, 4) is 6.07 Å². The summed E-state index contributed by atoms with van der Waals surface area (Å²) in [5.41, 5.74) is 0.528. The lowest BCUT2D eigenvalue weighted by atomic mass is 10.0. The number of H-pyrrole nitrogens is 1. The largest absolute Gasteiger partial charge is 0.355 e. The van der Waals surface area contributed by atoms with E-state index in [2.05, 4.69) is 26.3 Å². The lowest BCUT2D eigenvalue weighted by molar-refractivity contribution is 0.0925. The van der Waals surface area contributed by atoms with Crippen LogP contribution in [0.1, 0.15) is 28.9 Å². The highest BCUT2D eigenvalue weighted by Gasteiger charge is 2.23. The summed E-state index contributed by atoms with van der Waals surface area (Å²) in [5, 5.41) is 12.1. The average molecular weight is 323 g/mol. The van der Waals surface area contributed by atoms with E-state index in [1.54, 1.807) is 30.5 Å². The van der Waals surface area contributed by atoms with E-state index in [1.165, 1.54) is 6.07 Å². The molecule has 7 nitrogen and oxygen atoms in total. The van der Waals surface area contributed by atoms with Crippen molar-refractivity contribution >= 4 is 11.7 Å². The van der Waals surface area contributed by atoms with Crippen molar-refractivity contribution in [1.82, 2.24) is 15.3 Å². The Hall–Kier alpha value is -3.14. The number of hydrogen-bond acceptors (Lipinski definition) is 5. The monoisotopic (exact) mass is 323 g/mol. The third-order valence-electron chi connectivity index (χ3n) is 4.05. The van der Waals surface area contributed by atoms with E-state index in [4.69, 9.17) is 5.26 Å². The summed E-state index contributed by atoms with van der Waals surface area (Å²) in [6, 6.07) is 10.2. The summed E-state index contributed by atoms with van der Waals surface area (Å²) in [6.07, 6.45) is 3.18. The Labute approximate surface area is 139 Å². The van der Waals surface area contributed by atoms with Crippen LogP contribution in [0.3, 0.4) is 0 Å². The van der Waals surface area contributed by atoms with Gasteiger partial charge < -0.3 is 15.2 Å². The molecule has 7 heteroatoms. The molecular weight excluding hydrogens is 306 g/mol. The molecule has 1 aliphatic heterocycles. The molecule has 2 N–H and O–H groups in total. The molecule has 0 aliphatic carbocycles. The number of nitrogens with one attached hydrogen (secondary N) is 2. The standard InChI is InChI=1S/C17H17N5O2/c18-11-12-3-2-8-19-16(12)22-9-6-13(7-10-22)20-17(24)14-4-1-5-15(23)21-14/h1-5,8,13H,6-7,9-10H2,(H,20,24)(H,21,23). The number of nitriles is 1. The van der Waals surface area contributed by atoms with Crippen molar-refractivity contribution in [2.45, 2.75) is 18.9 Å². The molecule has 2 aromatic heterocycles. The zero-order chi connectivity index (χ0) is 16.9. The van der Waals surface area contributed by atoms with Gasteiger partial charge in [0.05, 0.1) is 5.56 Å². The molecule has 0 radical (unpaired) electrons. The molecule has 3 heterocycles. The van der Waals surface area contributed by atoms with E-state index in [0.717, 1.165) is 12.8 Å². The van der Waals surface area contributed by atoms with Gasteiger partial charge in [-0.3, -0.25) is 9.59 Å². The van der Waals surface area contributed by atoms with Crippen LogP contribution in [0.2, 0.25) is 0 Å². The summed E-state index contributed by atoms with van der Waals surface area (Å²) in [5.74, 6) is 0.416. The average Bonchev–Trinajstić information content (AvgIpc) is 2.62. The molecular formula is C17H17N5O2. The van der Waals surface area contributed by atoms with Crippen LogP contribution in [0, 0.1) is 11.3 Å². The van der Waals surface area contributed by atoms with Gasteiger partial charge in [-0.2, -0.15) is 5.26 Å². The smallest absolute Gasteiger partial charge is 0.268 e. The maximum atomic E-state index is 12.2. The van der Waals surface area contributed by atoms with Gasteiger partial charge in [0.1, 0.15) is 17.6 Å². The molecule has 0 atom stereocenters. The van der Waals surface area contributed by atoms with E-state index in [-0.39, 0.29) is 23.2 Å². The summed E-state index contributed by atoms with van der Waals surface area (Å²) in [4.78, 5) is 32.3. The Balaban J connectivity index is 1.60. The first kappa shape index (κ1) is 15.7. The highest BCUT2D eigenvalue weighted by atomic mass is 16.2. The van der Waals surface area contributed by atoms with Crippen molar-refractivity contribution in [1.29, 1.82) is 5.26 Å². The van der Waals surface area contributed by atoms with E-state index in [9.17, 15) is 9.59 Å². The third kappa shape index (κ3) is 3.43. The van der Waals surface area contributed by atoms with Gasteiger partial charge in [0, 0.05) is 31.4 Å². The lowest BCUT2D eigenvalue weighted by Gasteiger charge is -2.33. The molecule has 0 aromatic carbocycles. The Morgan fingerprint density at radius 3 is 2.79 bits per heavy atom. The fourth-order valence-corrected chi connectivity index (χ4v) is 2.82. The first-order valence-electron chi connectivity index (χ1n) is 7.77. The van der Waals surface area contributed by atoms with Crippen LogP contribution in [0.25, 0.3) is 0 Å². The van der Waals surface area contributed by atoms with Crippen molar-refractivity contribution in [3.63, 3.8) is 0 Å². The molecule has 122 valence electrons. The van der Waals surface area contributed by atoms with Crippen LogP contribution in [0.4, 0.5) is 5.82 Å². The number of amides is 1. The number of rotatable bonds is 3. The zero-order valence-electron chi connectivity index (χ0n) is 13.0. The molecule has 0 spiro atoms. The fraction of sp³-hybridized carbons (Fsp3) is 0.294.